The zero-order valence-corrected chi connectivity index (χ0v) is 10.9. The lowest BCUT2D eigenvalue weighted by atomic mass is 10.2. The van der Waals surface area contributed by atoms with Gasteiger partial charge in [-0.3, -0.25) is 14.9 Å². The SMILES string of the molecule is COc1ccc(NC(=O)c2ccc(F)nc2)cc1[N+](=O)[O-]. The average Bonchev–Trinajstić information content (AvgIpc) is 2.47. The van der Waals surface area contributed by atoms with E-state index in [1.807, 2.05) is 0 Å². The van der Waals surface area contributed by atoms with Gasteiger partial charge in [0.05, 0.1) is 17.6 Å². The second kappa shape index (κ2) is 5.95. The fourth-order valence-corrected chi connectivity index (χ4v) is 1.62. The van der Waals surface area contributed by atoms with E-state index in [1.165, 1.54) is 31.4 Å². The van der Waals surface area contributed by atoms with E-state index in [0.29, 0.717) is 0 Å². The summed E-state index contributed by atoms with van der Waals surface area (Å²) in [5.74, 6) is -1.17. The van der Waals surface area contributed by atoms with Gasteiger partial charge in [-0.05, 0) is 24.3 Å². The van der Waals surface area contributed by atoms with Gasteiger partial charge >= 0.3 is 5.69 Å². The lowest BCUT2D eigenvalue weighted by molar-refractivity contribution is -0.385. The van der Waals surface area contributed by atoms with Gasteiger partial charge in [0.1, 0.15) is 0 Å². The Morgan fingerprint density at radius 3 is 2.71 bits per heavy atom. The number of hydrogen-bond acceptors (Lipinski definition) is 5. The van der Waals surface area contributed by atoms with Crippen molar-refractivity contribution < 1.29 is 18.8 Å². The summed E-state index contributed by atoms with van der Waals surface area (Å²) < 4.78 is 17.5. The number of halogens is 1. The number of nitro benzene ring substituents is 1. The molecular weight excluding hydrogens is 281 g/mol. The Hall–Kier alpha value is -3.03. The lowest BCUT2D eigenvalue weighted by Crippen LogP contribution is -2.12. The molecule has 108 valence electrons. The van der Waals surface area contributed by atoms with Crippen LogP contribution in [-0.2, 0) is 0 Å². The first-order chi connectivity index (χ1) is 10.0. The molecule has 0 atom stereocenters. The van der Waals surface area contributed by atoms with Crippen LogP contribution in [0.25, 0.3) is 0 Å². The molecule has 0 aliphatic carbocycles. The van der Waals surface area contributed by atoms with Crippen LogP contribution < -0.4 is 10.1 Å². The smallest absolute Gasteiger partial charge is 0.312 e. The zero-order chi connectivity index (χ0) is 15.4. The molecule has 1 N–H and O–H groups in total. The van der Waals surface area contributed by atoms with E-state index < -0.39 is 16.8 Å². The minimum Gasteiger partial charge on any atom is -0.490 e. The molecule has 0 spiro atoms. The van der Waals surface area contributed by atoms with Crippen LogP contribution in [-0.4, -0.2) is 22.9 Å². The molecule has 1 aromatic carbocycles. The second-order valence-electron chi connectivity index (χ2n) is 3.97. The molecule has 2 rings (SSSR count). The van der Waals surface area contributed by atoms with E-state index in [4.69, 9.17) is 4.74 Å². The predicted octanol–water partition coefficient (Wildman–Crippen LogP) is 2.39. The van der Waals surface area contributed by atoms with E-state index in [9.17, 15) is 19.3 Å². The van der Waals surface area contributed by atoms with Crippen LogP contribution in [0.4, 0.5) is 15.8 Å². The fourth-order valence-electron chi connectivity index (χ4n) is 1.62. The van der Waals surface area contributed by atoms with Crippen molar-refractivity contribution in [2.75, 3.05) is 12.4 Å². The monoisotopic (exact) mass is 291 g/mol. The van der Waals surface area contributed by atoms with Gasteiger partial charge in [-0.25, -0.2) is 4.98 Å². The van der Waals surface area contributed by atoms with Crippen LogP contribution in [0.15, 0.2) is 36.5 Å². The fraction of sp³-hybridized carbons (Fsp3) is 0.0769. The van der Waals surface area contributed by atoms with Gasteiger partial charge in [-0.15, -0.1) is 0 Å². The highest BCUT2D eigenvalue weighted by molar-refractivity contribution is 6.04. The second-order valence-corrected chi connectivity index (χ2v) is 3.97. The maximum atomic E-state index is 12.7. The normalized spacial score (nSPS) is 10.0. The molecule has 7 nitrogen and oxygen atoms in total. The summed E-state index contributed by atoms with van der Waals surface area (Å²) in [6.07, 6.45) is 1.07. The number of aromatic nitrogens is 1. The maximum Gasteiger partial charge on any atom is 0.312 e. The summed E-state index contributed by atoms with van der Waals surface area (Å²) >= 11 is 0. The van der Waals surface area contributed by atoms with Crippen molar-refractivity contribution >= 4 is 17.3 Å². The number of hydrogen-bond donors (Lipinski definition) is 1. The molecule has 0 aliphatic rings. The summed E-state index contributed by atoms with van der Waals surface area (Å²) in [6, 6.07) is 6.31. The number of pyridine rings is 1. The first kappa shape index (κ1) is 14.4. The number of nitro groups is 1. The van der Waals surface area contributed by atoms with Gasteiger partial charge in [0.25, 0.3) is 5.91 Å². The number of carbonyl (C=O) groups excluding carboxylic acids is 1. The molecule has 0 radical (unpaired) electrons. The van der Waals surface area contributed by atoms with Gasteiger partial charge in [0.15, 0.2) is 5.75 Å². The molecule has 1 heterocycles. The summed E-state index contributed by atoms with van der Waals surface area (Å²) in [4.78, 5) is 25.5. The minimum atomic E-state index is -0.702. The van der Waals surface area contributed by atoms with E-state index in [-0.39, 0.29) is 22.7 Å². The van der Waals surface area contributed by atoms with Crippen LogP contribution in [0.1, 0.15) is 10.4 Å². The largest absolute Gasteiger partial charge is 0.490 e. The average molecular weight is 291 g/mol. The van der Waals surface area contributed by atoms with Crippen molar-refractivity contribution in [3.63, 3.8) is 0 Å². The van der Waals surface area contributed by atoms with E-state index >= 15 is 0 Å². The third-order valence-corrected chi connectivity index (χ3v) is 2.62. The van der Waals surface area contributed by atoms with Crippen LogP contribution in [0.2, 0.25) is 0 Å². The van der Waals surface area contributed by atoms with Crippen molar-refractivity contribution in [2.24, 2.45) is 0 Å². The molecule has 0 saturated carbocycles. The Balaban J connectivity index is 2.23. The molecule has 2 aromatic rings. The Morgan fingerprint density at radius 1 is 1.38 bits per heavy atom. The third kappa shape index (κ3) is 3.30. The number of nitrogens with zero attached hydrogens (tertiary/aromatic N) is 2. The Kier molecular flexibility index (Phi) is 4.07. The first-order valence-electron chi connectivity index (χ1n) is 5.76. The number of rotatable bonds is 4. The van der Waals surface area contributed by atoms with Crippen molar-refractivity contribution in [3.05, 3.63) is 58.2 Å². The molecular formula is C13H10FN3O4. The number of ether oxygens (including phenoxy) is 1. The van der Waals surface area contributed by atoms with Crippen molar-refractivity contribution in [1.29, 1.82) is 0 Å². The summed E-state index contributed by atoms with van der Waals surface area (Å²) in [6.45, 7) is 0. The number of carbonyl (C=O) groups is 1. The number of amides is 1. The van der Waals surface area contributed by atoms with Crippen molar-refractivity contribution in [3.8, 4) is 5.75 Å². The third-order valence-electron chi connectivity index (χ3n) is 2.62. The van der Waals surface area contributed by atoms with Gasteiger partial charge in [-0.1, -0.05) is 0 Å². The van der Waals surface area contributed by atoms with E-state index in [1.54, 1.807) is 0 Å². The number of benzene rings is 1. The standard InChI is InChI=1S/C13H10FN3O4/c1-21-11-4-3-9(6-10(11)17(19)20)16-13(18)8-2-5-12(14)15-7-8/h2-7H,1H3,(H,16,18). The van der Waals surface area contributed by atoms with Crippen LogP contribution in [0.5, 0.6) is 5.75 Å². The highest BCUT2D eigenvalue weighted by atomic mass is 19.1. The summed E-state index contributed by atoms with van der Waals surface area (Å²) in [5.41, 5.74) is 0.0826. The Bertz CT molecular complexity index is 688. The topological polar surface area (TPSA) is 94.4 Å². The van der Waals surface area contributed by atoms with Crippen molar-refractivity contribution in [2.45, 2.75) is 0 Å². The lowest BCUT2D eigenvalue weighted by Gasteiger charge is -2.07. The van der Waals surface area contributed by atoms with Crippen molar-refractivity contribution in [1.82, 2.24) is 4.98 Å². The molecule has 0 unspecified atom stereocenters. The van der Waals surface area contributed by atoms with Gasteiger partial charge in [0, 0.05) is 18.0 Å². The Labute approximate surface area is 118 Å². The molecule has 21 heavy (non-hydrogen) atoms. The summed E-state index contributed by atoms with van der Waals surface area (Å²) in [5, 5.41) is 13.4. The molecule has 0 fully saturated rings. The highest BCUT2D eigenvalue weighted by Gasteiger charge is 2.16. The van der Waals surface area contributed by atoms with Gasteiger partial charge in [-0.2, -0.15) is 4.39 Å². The molecule has 8 heteroatoms. The molecule has 1 aromatic heterocycles. The number of methoxy groups -OCH3 is 1. The van der Waals surface area contributed by atoms with E-state index in [2.05, 4.69) is 10.3 Å². The van der Waals surface area contributed by atoms with Crippen LogP contribution in [0, 0.1) is 16.1 Å². The highest BCUT2D eigenvalue weighted by Crippen LogP contribution is 2.29. The van der Waals surface area contributed by atoms with Gasteiger partial charge in [0.2, 0.25) is 5.95 Å². The quantitative estimate of drug-likeness (QED) is 0.530. The predicted molar refractivity (Wildman–Crippen MR) is 71.8 cm³/mol. The molecule has 0 bridgehead atoms. The number of anilines is 1. The first-order valence-corrected chi connectivity index (χ1v) is 5.76. The van der Waals surface area contributed by atoms with Crippen LogP contribution in [0.3, 0.4) is 0 Å². The molecule has 1 amide bonds. The summed E-state index contributed by atoms with van der Waals surface area (Å²) in [7, 11) is 1.31. The number of nitrogens with one attached hydrogen (secondary N) is 1. The van der Waals surface area contributed by atoms with Gasteiger partial charge < -0.3 is 10.1 Å². The maximum absolute atomic E-state index is 12.7. The minimum absolute atomic E-state index is 0.0847. The molecule has 0 aliphatic heterocycles. The van der Waals surface area contributed by atoms with E-state index in [0.717, 1.165) is 12.3 Å². The molecule has 0 saturated heterocycles. The Morgan fingerprint density at radius 2 is 2.14 bits per heavy atom. The van der Waals surface area contributed by atoms with Crippen LogP contribution >= 0.6 is 0 Å². The zero-order valence-electron chi connectivity index (χ0n) is 10.9.